The lowest BCUT2D eigenvalue weighted by Gasteiger charge is -2.07. The first-order chi connectivity index (χ1) is 14.1. The van der Waals surface area contributed by atoms with E-state index in [4.69, 9.17) is 27.7 Å². The van der Waals surface area contributed by atoms with Gasteiger partial charge in [0.25, 0.3) is 0 Å². The number of rotatable bonds is 7. The van der Waals surface area contributed by atoms with Crippen molar-refractivity contribution in [2.75, 3.05) is 0 Å². The average Bonchev–Trinajstić information content (AvgIpc) is 3.35. The average molecular weight is 444 g/mol. The molecule has 0 amide bonds. The van der Waals surface area contributed by atoms with Crippen molar-refractivity contribution in [3.63, 3.8) is 0 Å². The fraction of sp³-hybridized carbons (Fsp3) is 0.100. The Morgan fingerprint density at radius 3 is 2.28 bits per heavy atom. The smallest absolute Gasteiger partial charge is 0.237 e. The number of nitrogens with zero attached hydrogens (tertiary/aromatic N) is 5. The van der Waals surface area contributed by atoms with Crippen LogP contribution in [0.15, 0.2) is 70.9 Å². The van der Waals surface area contributed by atoms with Crippen LogP contribution < -0.4 is 0 Å². The highest BCUT2D eigenvalue weighted by Gasteiger charge is 2.16. The Morgan fingerprint density at radius 1 is 0.966 bits per heavy atom. The van der Waals surface area contributed by atoms with Crippen molar-refractivity contribution in [2.24, 2.45) is 0 Å². The van der Waals surface area contributed by atoms with Gasteiger partial charge in [0.05, 0.1) is 5.75 Å². The van der Waals surface area contributed by atoms with Crippen LogP contribution in [0.1, 0.15) is 5.89 Å². The third kappa shape index (κ3) is 4.53. The van der Waals surface area contributed by atoms with Crippen LogP contribution in [0, 0.1) is 0 Å². The molecule has 2 aromatic carbocycles. The predicted molar refractivity (Wildman–Crippen MR) is 115 cm³/mol. The van der Waals surface area contributed by atoms with E-state index in [1.165, 1.54) is 11.8 Å². The second-order valence-corrected chi connectivity index (χ2v) is 7.84. The van der Waals surface area contributed by atoms with Crippen molar-refractivity contribution in [1.82, 2.24) is 24.9 Å². The monoisotopic (exact) mass is 443 g/mol. The minimum atomic E-state index is 0.469. The van der Waals surface area contributed by atoms with Gasteiger partial charge in [0.2, 0.25) is 11.7 Å². The summed E-state index contributed by atoms with van der Waals surface area (Å²) >= 11 is 13.4. The van der Waals surface area contributed by atoms with Gasteiger partial charge in [-0.05, 0) is 48.5 Å². The Hall–Kier alpha value is -2.61. The summed E-state index contributed by atoms with van der Waals surface area (Å²) in [7, 11) is 0. The molecule has 0 aliphatic heterocycles. The second kappa shape index (κ2) is 8.82. The van der Waals surface area contributed by atoms with Crippen molar-refractivity contribution >= 4 is 35.0 Å². The lowest BCUT2D eigenvalue weighted by molar-refractivity contribution is 0.391. The summed E-state index contributed by atoms with van der Waals surface area (Å²) in [5.41, 5.74) is 1.77. The summed E-state index contributed by atoms with van der Waals surface area (Å²) in [6, 6.07) is 14.8. The molecule has 0 saturated carbocycles. The molecule has 2 aromatic heterocycles. The van der Waals surface area contributed by atoms with Crippen molar-refractivity contribution < 1.29 is 4.52 Å². The van der Waals surface area contributed by atoms with Gasteiger partial charge in [-0.3, -0.25) is 4.57 Å². The summed E-state index contributed by atoms with van der Waals surface area (Å²) in [6.45, 7) is 4.41. The first kappa shape index (κ1) is 19.7. The van der Waals surface area contributed by atoms with E-state index >= 15 is 0 Å². The molecule has 6 nitrogen and oxygen atoms in total. The maximum Gasteiger partial charge on any atom is 0.237 e. The molecule has 9 heteroatoms. The number of allylic oxidation sites excluding steroid dienone is 1. The maximum absolute atomic E-state index is 5.98. The molecule has 29 heavy (non-hydrogen) atoms. The van der Waals surface area contributed by atoms with Gasteiger partial charge in [-0.1, -0.05) is 46.2 Å². The summed E-state index contributed by atoms with van der Waals surface area (Å²) < 4.78 is 7.35. The van der Waals surface area contributed by atoms with Gasteiger partial charge in [-0.15, -0.1) is 16.8 Å². The zero-order chi connectivity index (χ0) is 20.2. The molecule has 0 N–H and O–H groups in total. The van der Waals surface area contributed by atoms with E-state index in [0.717, 1.165) is 22.1 Å². The maximum atomic E-state index is 5.98. The lowest BCUT2D eigenvalue weighted by atomic mass is 10.2. The van der Waals surface area contributed by atoms with Gasteiger partial charge in [-0.25, -0.2) is 0 Å². The van der Waals surface area contributed by atoms with E-state index in [-0.39, 0.29) is 0 Å². The van der Waals surface area contributed by atoms with Crippen LogP contribution in [-0.2, 0) is 12.3 Å². The summed E-state index contributed by atoms with van der Waals surface area (Å²) in [4.78, 5) is 4.44. The Bertz CT molecular complexity index is 1120. The van der Waals surface area contributed by atoms with Crippen LogP contribution in [0.2, 0.25) is 10.0 Å². The van der Waals surface area contributed by atoms with Crippen LogP contribution in [-0.4, -0.2) is 24.9 Å². The van der Waals surface area contributed by atoms with Gasteiger partial charge in [-0.2, -0.15) is 4.98 Å². The number of hydrogen-bond acceptors (Lipinski definition) is 6. The molecular formula is C20H15Cl2N5OS. The molecule has 0 spiro atoms. The van der Waals surface area contributed by atoms with Crippen molar-refractivity contribution in [1.29, 1.82) is 0 Å². The van der Waals surface area contributed by atoms with Crippen LogP contribution in [0.3, 0.4) is 0 Å². The topological polar surface area (TPSA) is 69.6 Å². The van der Waals surface area contributed by atoms with Gasteiger partial charge >= 0.3 is 0 Å². The van der Waals surface area contributed by atoms with Crippen LogP contribution in [0.5, 0.6) is 0 Å². The largest absolute Gasteiger partial charge is 0.338 e. The number of benzene rings is 2. The summed E-state index contributed by atoms with van der Waals surface area (Å²) in [5.74, 6) is 2.24. The molecule has 4 rings (SSSR count). The zero-order valence-corrected chi connectivity index (χ0v) is 17.5. The van der Waals surface area contributed by atoms with Crippen molar-refractivity contribution in [3.05, 3.63) is 77.1 Å². The highest BCUT2D eigenvalue weighted by atomic mass is 35.5. The number of aromatic nitrogens is 5. The van der Waals surface area contributed by atoms with Crippen molar-refractivity contribution in [2.45, 2.75) is 17.5 Å². The molecule has 0 aliphatic rings. The van der Waals surface area contributed by atoms with Crippen LogP contribution in [0.4, 0.5) is 0 Å². The molecule has 0 aliphatic carbocycles. The highest BCUT2D eigenvalue weighted by Crippen LogP contribution is 2.27. The summed E-state index contributed by atoms with van der Waals surface area (Å²) in [5, 5.41) is 14.7. The van der Waals surface area contributed by atoms with Gasteiger partial charge in [0.15, 0.2) is 11.0 Å². The normalized spacial score (nSPS) is 11.0. The van der Waals surface area contributed by atoms with Crippen molar-refractivity contribution in [3.8, 4) is 22.8 Å². The van der Waals surface area contributed by atoms with Crippen LogP contribution >= 0.6 is 35.0 Å². The minimum Gasteiger partial charge on any atom is -0.338 e. The molecule has 0 bridgehead atoms. The second-order valence-electron chi connectivity index (χ2n) is 6.02. The zero-order valence-electron chi connectivity index (χ0n) is 15.1. The van der Waals surface area contributed by atoms with Gasteiger partial charge in [0.1, 0.15) is 0 Å². The molecule has 0 saturated heterocycles. The molecule has 0 unspecified atom stereocenters. The van der Waals surface area contributed by atoms with E-state index < -0.39 is 0 Å². The lowest BCUT2D eigenvalue weighted by Crippen LogP contribution is -2.00. The van der Waals surface area contributed by atoms with Crippen LogP contribution in [0.25, 0.3) is 22.8 Å². The summed E-state index contributed by atoms with van der Waals surface area (Å²) in [6.07, 6.45) is 1.80. The first-order valence-corrected chi connectivity index (χ1v) is 10.4. The molecule has 2 heterocycles. The standard InChI is InChI=1S/C20H15Cl2N5OS/c1-2-11-27-19(14-5-9-16(22)10-6-14)24-25-20(27)29-12-17-23-18(26-28-17)13-3-7-15(21)8-4-13/h2-10H,1,11-12H2. The Kier molecular flexibility index (Phi) is 5.99. The first-order valence-electron chi connectivity index (χ1n) is 8.65. The minimum absolute atomic E-state index is 0.469. The number of halogens is 2. The van der Waals surface area contributed by atoms with Gasteiger partial charge in [0, 0.05) is 27.7 Å². The number of thioether (sulfide) groups is 1. The fourth-order valence-electron chi connectivity index (χ4n) is 2.66. The van der Waals surface area contributed by atoms with Gasteiger partial charge < -0.3 is 4.52 Å². The predicted octanol–water partition coefficient (Wildman–Crippen LogP) is 5.78. The third-order valence-electron chi connectivity index (χ3n) is 4.03. The fourth-order valence-corrected chi connectivity index (χ4v) is 3.69. The Labute approximate surface area is 181 Å². The molecular weight excluding hydrogens is 429 g/mol. The third-order valence-corrected chi connectivity index (χ3v) is 5.48. The number of hydrogen-bond donors (Lipinski definition) is 0. The quantitative estimate of drug-likeness (QED) is 0.266. The Balaban J connectivity index is 1.52. The van der Waals surface area contributed by atoms with E-state index in [0.29, 0.717) is 34.1 Å². The highest BCUT2D eigenvalue weighted by molar-refractivity contribution is 7.98. The van der Waals surface area contributed by atoms with E-state index in [9.17, 15) is 0 Å². The van der Waals surface area contributed by atoms with E-state index in [1.807, 2.05) is 41.0 Å². The molecule has 0 atom stereocenters. The molecule has 0 fully saturated rings. The molecule has 146 valence electrons. The SMILES string of the molecule is C=CCn1c(SCc2nc(-c3ccc(Cl)cc3)no2)nnc1-c1ccc(Cl)cc1. The Morgan fingerprint density at radius 2 is 1.62 bits per heavy atom. The molecule has 4 aromatic rings. The van der Waals surface area contributed by atoms with E-state index in [2.05, 4.69) is 26.9 Å². The molecule has 0 radical (unpaired) electrons. The van der Waals surface area contributed by atoms with E-state index in [1.54, 1.807) is 18.2 Å².